The highest BCUT2D eigenvalue weighted by Crippen LogP contribution is 2.23. The molecule has 1 aromatic carbocycles. The Hall–Kier alpha value is 0.0769. The van der Waals surface area contributed by atoms with Gasteiger partial charge in [-0.3, -0.25) is 0 Å². The Bertz CT molecular complexity index is 276. The van der Waals surface area contributed by atoms with Crippen LogP contribution in [0.3, 0.4) is 0 Å². The minimum absolute atomic E-state index is 0.819. The Morgan fingerprint density at radius 2 is 1.71 bits per heavy atom. The van der Waals surface area contributed by atoms with Gasteiger partial charge in [-0.15, -0.1) is 11.8 Å². The molecule has 0 aliphatic heterocycles. The van der Waals surface area contributed by atoms with Crippen molar-refractivity contribution in [2.75, 3.05) is 5.75 Å². The molecule has 1 aromatic rings. The average molecular weight is 245 g/mol. The van der Waals surface area contributed by atoms with Crippen LogP contribution < -0.4 is 0 Å². The molecule has 0 nitrogen and oxygen atoms in total. The molecule has 0 atom stereocenters. The molecule has 0 saturated carbocycles. The molecule has 0 N–H and O–H groups in total. The van der Waals surface area contributed by atoms with Gasteiger partial charge in [0.1, 0.15) is 0 Å². The number of thioether (sulfide) groups is 1. The van der Waals surface area contributed by atoms with Gasteiger partial charge in [-0.1, -0.05) is 31.2 Å². The Morgan fingerprint density at radius 1 is 1.14 bits per heavy atom. The minimum Gasteiger partial charge on any atom is -0.126 e. The lowest BCUT2D eigenvalue weighted by Gasteiger charge is -2.14. The normalized spacial score (nSPS) is 11.7. The second-order valence-corrected chi connectivity index (χ2v) is 11.8. The number of benzene rings is 1. The highest BCUT2D eigenvalue weighted by Gasteiger charge is 2.11. The van der Waals surface area contributed by atoms with E-state index < -0.39 is 8.07 Å². The molecule has 0 aromatic heterocycles. The standard InChI is InChI=1S/C11H17ClSSi/c1-14(2,3)9-8-13-11-6-4-10(12)5-7-11/h4-7H,8-9H2,1-3H3. The van der Waals surface area contributed by atoms with Gasteiger partial charge in [0.25, 0.3) is 0 Å². The van der Waals surface area contributed by atoms with Gasteiger partial charge < -0.3 is 0 Å². The second kappa shape index (κ2) is 5.24. The topological polar surface area (TPSA) is 0 Å². The first-order valence-corrected chi connectivity index (χ1v) is 9.93. The molecule has 0 saturated heterocycles. The van der Waals surface area contributed by atoms with E-state index in [1.165, 1.54) is 16.7 Å². The van der Waals surface area contributed by atoms with Crippen LogP contribution in [-0.4, -0.2) is 13.8 Å². The Balaban J connectivity index is 2.35. The zero-order valence-electron chi connectivity index (χ0n) is 9.01. The summed E-state index contributed by atoms with van der Waals surface area (Å²) < 4.78 is 0. The lowest BCUT2D eigenvalue weighted by atomic mass is 10.4. The Kier molecular flexibility index (Phi) is 4.55. The van der Waals surface area contributed by atoms with Crippen LogP contribution in [0.15, 0.2) is 29.2 Å². The molecule has 0 bridgehead atoms. The highest BCUT2D eigenvalue weighted by molar-refractivity contribution is 7.99. The van der Waals surface area contributed by atoms with Crippen LogP contribution in [0.1, 0.15) is 0 Å². The summed E-state index contributed by atoms with van der Waals surface area (Å²) in [5.41, 5.74) is 0. The van der Waals surface area contributed by atoms with Crippen molar-refractivity contribution in [1.29, 1.82) is 0 Å². The van der Waals surface area contributed by atoms with E-state index in [-0.39, 0.29) is 0 Å². The third-order valence-corrected chi connectivity index (χ3v) is 5.31. The maximum Gasteiger partial charge on any atom is 0.0450 e. The lowest BCUT2D eigenvalue weighted by molar-refractivity contribution is 1.36. The van der Waals surface area contributed by atoms with E-state index in [0.29, 0.717) is 0 Å². The van der Waals surface area contributed by atoms with Crippen LogP contribution in [-0.2, 0) is 0 Å². The van der Waals surface area contributed by atoms with Crippen molar-refractivity contribution >= 4 is 31.4 Å². The first-order chi connectivity index (χ1) is 6.47. The van der Waals surface area contributed by atoms with Crippen molar-refractivity contribution in [2.24, 2.45) is 0 Å². The van der Waals surface area contributed by atoms with E-state index >= 15 is 0 Å². The molecule has 0 fully saturated rings. The van der Waals surface area contributed by atoms with Crippen molar-refractivity contribution in [1.82, 2.24) is 0 Å². The molecule has 3 heteroatoms. The first-order valence-electron chi connectivity index (χ1n) is 4.86. The van der Waals surface area contributed by atoms with Gasteiger partial charge in [-0.25, -0.2) is 0 Å². The fourth-order valence-corrected chi connectivity index (χ4v) is 4.55. The monoisotopic (exact) mass is 244 g/mol. The number of hydrogen-bond donors (Lipinski definition) is 0. The molecule has 0 radical (unpaired) electrons. The number of rotatable bonds is 4. The molecular formula is C11H17ClSSi. The zero-order valence-corrected chi connectivity index (χ0v) is 11.6. The smallest absolute Gasteiger partial charge is 0.0450 e. The van der Waals surface area contributed by atoms with E-state index in [2.05, 4.69) is 31.8 Å². The van der Waals surface area contributed by atoms with Crippen molar-refractivity contribution < 1.29 is 0 Å². The number of hydrogen-bond acceptors (Lipinski definition) is 1. The highest BCUT2D eigenvalue weighted by atomic mass is 35.5. The fraction of sp³-hybridized carbons (Fsp3) is 0.455. The fourth-order valence-electron chi connectivity index (χ4n) is 1.01. The van der Waals surface area contributed by atoms with Gasteiger partial charge >= 0.3 is 0 Å². The maximum absolute atomic E-state index is 5.82. The minimum atomic E-state index is -0.869. The largest absolute Gasteiger partial charge is 0.126 e. The van der Waals surface area contributed by atoms with Crippen LogP contribution in [0.25, 0.3) is 0 Å². The molecular weight excluding hydrogens is 228 g/mol. The summed E-state index contributed by atoms with van der Waals surface area (Å²) in [6.07, 6.45) is 0. The number of halogens is 1. The predicted molar refractivity (Wildman–Crippen MR) is 70.3 cm³/mol. The SMILES string of the molecule is C[Si](C)(C)CCSc1ccc(Cl)cc1. The van der Waals surface area contributed by atoms with Gasteiger partial charge in [-0.05, 0) is 36.1 Å². The van der Waals surface area contributed by atoms with Crippen LogP contribution in [0.5, 0.6) is 0 Å². The maximum atomic E-state index is 5.82. The van der Waals surface area contributed by atoms with Crippen LogP contribution in [0, 0.1) is 0 Å². The van der Waals surface area contributed by atoms with Gasteiger partial charge in [-0.2, -0.15) is 0 Å². The Morgan fingerprint density at radius 3 is 2.21 bits per heavy atom. The molecule has 0 aliphatic rings. The van der Waals surface area contributed by atoms with Crippen molar-refractivity contribution in [3.8, 4) is 0 Å². The molecule has 14 heavy (non-hydrogen) atoms. The van der Waals surface area contributed by atoms with Crippen LogP contribution >= 0.6 is 23.4 Å². The molecule has 0 unspecified atom stereocenters. The van der Waals surface area contributed by atoms with Crippen molar-refractivity contribution in [3.63, 3.8) is 0 Å². The summed E-state index contributed by atoms with van der Waals surface area (Å²) in [5.74, 6) is 1.23. The van der Waals surface area contributed by atoms with E-state index in [9.17, 15) is 0 Å². The van der Waals surface area contributed by atoms with E-state index in [1.807, 2.05) is 23.9 Å². The lowest BCUT2D eigenvalue weighted by Crippen LogP contribution is -2.19. The first kappa shape index (κ1) is 12.1. The van der Waals surface area contributed by atoms with Gasteiger partial charge in [0.15, 0.2) is 0 Å². The molecule has 0 aliphatic carbocycles. The van der Waals surface area contributed by atoms with E-state index in [0.717, 1.165) is 5.02 Å². The van der Waals surface area contributed by atoms with Gasteiger partial charge in [0, 0.05) is 18.0 Å². The second-order valence-electron chi connectivity index (χ2n) is 4.61. The van der Waals surface area contributed by atoms with Gasteiger partial charge in [0.05, 0.1) is 0 Å². The third-order valence-electron chi connectivity index (χ3n) is 1.93. The summed E-state index contributed by atoms with van der Waals surface area (Å²) in [6, 6.07) is 9.48. The third kappa shape index (κ3) is 5.08. The summed E-state index contributed by atoms with van der Waals surface area (Å²) in [4.78, 5) is 1.33. The van der Waals surface area contributed by atoms with E-state index in [1.54, 1.807) is 0 Å². The summed E-state index contributed by atoms with van der Waals surface area (Å²) in [5, 5.41) is 0.819. The molecule has 0 amide bonds. The van der Waals surface area contributed by atoms with Crippen LogP contribution in [0.2, 0.25) is 30.7 Å². The summed E-state index contributed by atoms with van der Waals surface area (Å²) >= 11 is 7.75. The average Bonchev–Trinajstić information content (AvgIpc) is 2.06. The summed E-state index contributed by atoms with van der Waals surface area (Å²) in [7, 11) is -0.869. The van der Waals surface area contributed by atoms with Crippen LogP contribution in [0.4, 0.5) is 0 Å². The molecule has 0 spiro atoms. The predicted octanol–water partition coefficient (Wildman–Crippen LogP) is 4.77. The van der Waals surface area contributed by atoms with E-state index in [4.69, 9.17) is 11.6 Å². The van der Waals surface area contributed by atoms with Gasteiger partial charge in [0.2, 0.25) is 0 Å². The van der Waals surface area contributed by atoms with Crippen molar-refractivity contribution in [2.45, 2.75) is 30.6 Å². The van der Waals surface area contributed by atoms with Crippen molar-refractivity contribution in [3.05, 3.63) is 29.3 Å². The molecule has 78 valence electrons. The Labute approximate surface area is 97.1 Å². The molecule has 0 heterocycles. The quantitative estimate of drug-likeness (QED) is 0.543. The summed E-state index contributed by atoms with van der Waals surface area (Å²) in [6.45, 7) is 7.24. The molecule has 1 rings (SSSR count). The zero-order chi connectivity index (χ0) is 10.6.